The molecule has 0 unspecified atom stereocenters. The van der Waals surface area contributed by atoms with Crippen molar-refractivity contribution in [2.24, 2.45) is 5.92 Å². The van der Waals surface area contributed by atoms with Crippen LogP contribution in [-0.2, 0) is 4.79 Å². The van der Waals surface area contributed by atoms with Gasteiger partial charge in [-0.25, -0.2) is 4.39 Å². The summed E-state index contributed by atoms with van der Waals surface area (Å²) in [4.78, 5) is 29.6. The Morgan fingerprint density at radius 3 is 2.16 bits per heavy atom. The first-order chi connectivity index (χ1) is 15.4. The van der Waals surface area contributed by atoms with E-state index in [1.54, 1.807) is 30.3 Å². The minimum absolute atomic E-state index is 0.00157. The molecule has 2 aromatic carbocycles. The van der Waals surface area contributed by atoms with E-state index in [9.17, 15) is 14.0 Å². The number of likely N-dealkylation sites (tertiary alicyclic amines) is 2. The van der Waals surface area contributed by atoms with E-state index in [0.29, 0.717) is 40.4 Å². The van der Waals surface area contributed by atoms with Crippen LogP contribution in [0.1, 0.15) is 36.0 Å². The van der Waals surface area contributed by atoms with Crippen molar-refractivity contribution in [3.63, 3.8) is 0 Å². The molecule has 0 atom stereocenters. The number of anilines is 1. The van der Waals surface area contributed by atoms with Crippen LogP contribution in [0.4, 0.5) is 10.1 Å². The van der Waals surface area contributed by atoms with Crippen molar-refractivity contribution in [2.75, 3.05) is 31.5 Å². The SMILES string of the molecule is O=C(Nc1ccc(F)cc1)C1CCN(C2CCN(C(=O)c3ccc(Cl)c(Cl)c3)CC2)CC1. The minimum atomic E-state index is -0.319. The van der Waals surface area contributed by atoms with Gasteiger partial charge in [0, 0.05) is 36.3 Å². The minimum Gasteiger partial charge on any atom is -0.339 e. The fourth-order valence-electron chi connectivity index (χ4n) is 4.55. The number of hydrogen-bond donors (Lipinski definition) is 1. The molecule has 32 heavy (non-hydrogen) atoms. The summed E-state index contributed by atoms with van der Waals surface area (Å²) in [6.45, 7) is 3.14. The summed E-state index contributed by atoms with van der Waals surface area (Å²) in [5.41, 5.74) is 1.18. The van der Waals surface area contributed by atoms with Crippen molar-refractivity contribution >= 4 is 40.7 Å². The van der Waals surface area contributed by atoms with Crippen LogP contribution in [0.15, 0.2) is 42.5 Å². The van der Waals surface area contributed by atoms with Gasteiger partial charge in [-0.2, -0.15) is 0 Å². The molecule has 2 saturated heterocycles. The Hall–Kier alpha value is -2.15. The van der Waals surface area contributed by atoms with Crippen LogP contribution in [0.25, 0.3) is 0 Å². The predicted octanol–water partition coefficient (Wildman–Crippen LogP) is 5.09. The number of benzene rings is 2. The fourth-order valence-corrected chi connectivity index (χ4v) is 4.85. The first-order valence-corrected chi connectivity index (χ1v) is 11.7. The molecule has 0 radical (unpaired) electrons. The molecule has 2 aliphatic rings. The largest absolute Gasteiger partial charge is 0.339 e. The van der Waals surface area contributed by atoms with Crippen molar-refractivity contribution in [1.29, 1.82) is 0 Å². The molecule has 0 aliphatic carbocycles. The molecule has 8 heteroatoms. The average Bonchev–Trinajstić information content (AvgIpc) is 2.82. The highest BCUT2D eigenvalue weighted by Gasteiger charge is 2.32. The molecule has 1 N–H and O–H groups in total. The second kappa shape index (κ2) is 10.2. The van der Waals surface area contributed by atoms with Crippen molar-refractivity contribution in [3.05, 3.63) is 63.9 Å². The molecule has 0 bridgehead atoms. The van der Waals surface area contributed by atoms with Gasteiger partial charge in [-0.15, -0.1) is 0 Å². The van der Waals surface area contributed by atoms with Gasteiger partial charge >= 0.3 is 0 Å². The maximum Gasteiger partial charge on any atom is 0.253 e. The van der Waals surface area contributed by atoms with Crippen LogP contribution in [0.2, 0.25) is 10.0 Å². The summed E-state index contributed by atoms with van der Waals surface area (Å²) in [7, 11) is 0. The topological polar surface area (TPSA) is 52.7 Å². The Kier molecular flexibility index (Phi) is 7.33. The molecule has 170 valence electrons. The fraction of sp³-hybridized carbons (Fsp3) is 0.417. The number of nitrogens with one attached hydrogen (secondary N) is 1. The summed E-state index contributed by atoms with van der Waals surface area (Å²) in [5, 5.41) is 3.72. The predicted molar refractivity (Wildman–Crippen MR) is 125 cm³/mol. The van der Waals surface area contributed by atoms with E-state index in [4.69, 9.17) is 23.2 Å². The lowest BCUT2D eigenvalue weighted by Crippen LogP contribution is -2.49. The maximum absolute atomic E-state index is 13.0. The molecule has 2 heterocycles. The lowest BCUT2D eigenvalue weighted by Gasteiger charge is -2.41. The molecule has 4 rings (SSSR count). The number of nitrogens with zero attached hydrogens (tertiary/aromatic N) is 2. The van der Waals surface area contributed by atoms with Gasteiger partial charge in [0.05, 0.1) is 10.0 Å². The van der Waals surface area contributed by atoms with E-state index in [0.717, 1.165) is 38.8 Å². The summed E-state index contributed by atoms with van der Waals surface area (Å²) >= 11 is 12.0. The molecular weight excluding hydrogens is 452 g/mol. The monoisotopic (exact) mass is 477 g/mol. The summed E-state index contributed by atoms with van der Waals surface area (Å²) in [5.74, 6) is -0.370. The number of halogens is 3. The van der Waals surface area contributed by atoms with Gasteiger partial charge in [0.1, 0.15) is 5.82 Å². The number of carbonyl (C=O) groups is 2. The third-order valence-electron chi connectivity index (χ3n) is 6.45. The van der Waals surface area contributed by atoms with Crippen molar-refractivity contribution in [2.45, 2.75) is 31.7 Å². The highest BCUT2D eigenvalue weighted by Crippen LogP contribution is 2.27. The van der Waals surface area contributed by atoms with Crippen LogP contribution in [0.3, 0.4) is 0 Å². The molecule has 2 fully saturated rings. The molecule has 0 aromatic heterocycles. The van der Waals surface area contributed by atoms with Gasteiger partial charge in [-0.1, -0.05) is 23.2 Å². The first kappa shape index (κ1) is 23.0. The highest BCUT2D eigenvalue weighted by atomic mass is 35.5. The molecular formula is C24H26Cl2FN3O2. The van der Waals surface area contributed by atoms with Crippen LogP contribution in [-0.4, -0.2) is 53.8 Å². The lowest BCUT2D eigenvalue weighted by molar-refractivity contribution is -0.121. The zero-order chi connectivity index (χ0) is 22.7. The third-order valence-corrected chi connectivity index (χ3v) is 7.19. The van der Waals surface area contributed by atoms with Gasteiger partial charge in [-0.3, -0.25) is 9.59 Å². The Morgan fingerprint density at radius 2 is 1.53 bits per heavy atom. The van der Waals surface area contributed by atoms with Gasteiger partial charge in [0.15, 0.2) is 0 Å². The van der Waals surface area contributed by atoms with Crippen molar-refractivity contribution < 1.29 is 14.0 Å². The molecule has 2 aliphatic heterocycles. The molecule has 2 aromatic rings. The van der Waals surface area contributed by atoms with Gasteiger partial charge in [0.2, 0.25) is 5.91 Å². The standard InChI is InChI=1S/C24H26Cl2FN3O2/c25-21-6-1-17(15-22(21)26)24(32)30-13-9-20(10-14-30)29-11-7-16(8-12-29)23(31)28-19-4-2-18(27)3-5-19/h1-6,15-16,20H,7-14H2,(H,28,31). The normalized spacial score (nSPS) is 18.5. The molecule has 5 nitrogen and oxygen atoms in total. The maximum atomic E-state index is 13.0. The first-order valence-electron chi connectivity index (χ1n) is 11.0. The molecule has 0 spiro atoms. The van der Waals surface area contributed by atoms with Gasteiger partial charge < -0.3 is 15.1 Å². The Balaban J connectivity index is 1.24. The number of carbonyl (C=O) groups excluding carboxylic acids is 2. The number of amides is 2. The van der Waals surface area contributed by atoms with Gasteiger partial charge in [-0.05, 0) is 81.2 Å². The average molecular weight is 478 g/mol. The van der Waals surface area contributed by atoms with Crippen LogP contribution < -0.4 is 5.32 Å². The Morgan fingerprint density at radius 1 is 0.875 bits per heavy atom. The summed E-state index contributed by atoms with van der Waals surface area (Å²) in [6.07, 6.45) is 3.43. The van der Waals surface area contributed by atoms with Crippen LogP contribution in [0, 0.1) is 11.7 Å². The smallest absolute Gasteiger partial charge is 0.253 e. The van der Waals surface area contributed by atoms with Crippen LogP contribution in [0.5, 0.6) is 0 Å². The quantitative estimate of drug-likeness (QED) is 0.667. The third kappa shape index (κ3) is 5.42. The second-order valence-corrected chi connectivity index (χ2v) is 9.27. The number of hydrogen-bond acceptors (Lipinski definition) is 3. The van der Waals surface area contributed by atoms with E-state index < -0.39 is 0 Å². The highest BCUT2D eigenvalue weighted by molar-refractivity contribution is 6.42. The zero-order valence-electron chi connectivity index (χ0n) is 17.7. The van der Waals surface area contributed by atoms with Crippen molar-refractivity contribution in [1.82, 2.24) is 9.80 Å². The Bertz CT molecular complexity index is 970. The Labute approximate surface area is 197 Å². The summed E-state index contributed by atoms with van der Waals surface area (Å²) < 4.78 is 13.0. The van der Waals surface area contributed by atoms with Crippen LogP contribution >= 0.6 is 23.2 Å². The number of piperidine rings is 2. The van der Waals surface area contributed by atoms with E-state index in [1.807, 2.05) is 4.90 Å². The van der Waals surface area contributed by atoms with E-state index in [2.05, 4.69) is 10.2 Å². The number of rotatable bonds is 4. The van der Waals surface area contributed by atoms with E-state index >= 15 is 0 Å². The second-order valence-electron chi connectivity index (χ2n) is 8.46. The lowest BCUT2D eigenvalue weighted by atomic mass is 9.92. The summed E-state index contributed by atoms with van der Waals surface area (Å²) in [6, 6.07) is 11.3. The zero-order valence-corrected chi connectivity index (χ0v) is 19.2. The van der Waals surface area contributed by atoms with Crippen molar-refractivity contribution in [3.8, 4) is 0 Å². The van der Waals surface area contributed by atoms with E-state index in [1.165, 1.54) is 12.1 Å². The molecule has 0 saturated carbocycles. The molecule has 2 amide bonds. The van der Waals surface area contributed by atoms with Gasteiger partial charge in [0.25, 0.3) is 5.91 Å². The van der Waals surface area contributed by atoms with E-state index in [-0.39, 0.29) is 23.5 Å².